The Kier molecular flexibility index (Phi) is 11.0. The number of nitrogens with one attached hydrogen (secondary N) is 2. The molecule has 25 heavy (non-hydrogen) atoms. The van der Waals surface area contributed by atoms with E-state index in [4.69, 9.17) is 0 Å². The molecule has 142 valence electrons. The number of nitrogens with zero attached hydrogens (tertiary/aromatic N) is 4. The van der Waals surface area contributed by atoms with Gasteiger partial charge < -0.3 is 20.4 Å². The van der Waals surface area contributed by atoms with Crippen LogP contribution in [0.2, 0.25) is 0 Å². The van der Waals surface area contributed by atoms with Crippen LogP contribution in [0.15, 0.2) is 29.4 Å². The van der Waals surface area contributed by atoms with Crippen LogP contribution in [0.25, 0.3) is 0 Å². The molecule has 1 aliphatic heterocycles. The largest absolute Gasteiger partial charge is 0.356 e. The average molecular weight is 460 g/mol. The third-order valence-corrected chi connectivity index (χ3v) is 4.49. The highest BCUT2D eigenvalue weighted by atomic mass is 127. The second-order valence-corrected chi connectivity index (χ2v) is 6.47. The molecule has 6 nitrogen and oxygen atoms in total. The zero-order chi connectivity index (χ0) is 17.2. The lowest BCUT2D eigenvalue weighted by Gasteiger charge is -2.35. The monoisotopic (exact) mass is 460 g/mol. The van der Waals surface area contributed by atoms with Gasteiger partial charge in [-0.05, 0) is 24.6 Å². The van der Waals surface area contributed by atoms with Crippen molar-refractivity contribution in [3.8, 4) is 0 Å². The summed E-state index contributed by atoms with van der Waals surface area (Å²) in [5, 5.41) is 6.74. The summed E-state index contributed by atoms with van der Waals surface area (Å²) < 4.78 is 0. The first kappa shape index (κ1) is 22.1. The third-order valence-electron chi connectivity index (χ3n) is 4.49. The zero-order valence-corrected chi connectivity index (χ0v) is 18.1. The number of pyridine rings is 1. The van der Waals surface area contributed by atoms with Crippen molar-refractivity contribution >= 4 is 29.9 Å². The summed E-state index contributed by atoms with van der Waals surface area (Å²) in [7, 11) is 1.81. The van der Waals surface area contributed by atoms with Gasteiger partial charge in [0.15, 0.2) is 5.96 Å². The van der Waals surface area contributed by atoms with E-state index in [0.717, 1.165) is 24.7 Å². The molecule has 1 aliphatic rings. The Bertz CT molecular complexity index is 488. The summed E-state index contributed by atoms with van der Waals surface area (Å²) >= 11 is 0. The van der Waals surface area contributed by atoms with Gasteiger partial charge in [0, 0.05) is 52.5 Å². The highest BCUT2D eigenvalue weighted by Gasteiger charge is 2.17. The Labute approximate surface area is 169 Å². The van der Waals surface area contributed by atoms with E-state index >= 15 is 0 Å². The van der Waals surface area contributed by atoms with Crippen LogP contribution in [0, 0.1) is 5.92 Å². The molecular weight excluding hydrogens is 427 g/mol. The molecule has 2 heterocycles. The lowest BCUT2D eigenvalue weighted by atomic mass is 10.1. The van der Waals surface area contributed by atoms with Crippen molar-refractivity contribution in [1.29, 1.82) is 0 Å². The SMILES string of the molecule is CCN1CCN(CC(C)CNC(=NC)NCc2ccccn2)CC1.I. The van der Waals surface area contributed by atoms with Crippen LogP contribution in [-0.4, -0.2) is 73.6 Å². The molecule has 2 rings (SSSR count). The molecule has 0 amide bonds. The number of hydrogen-bond donors (Lipinski definition) is 2. The number of aliphatic imine (C=N–C) groups is 1. The van der Waals surface area contributed by atoms with Crippen LogP contribution in [0.5, 0.6) is 0 Å². The van der Waals surface area contributed by atoms with Crippen molar-refractivity contribution in [3.63, 3.8) is 0 Å². The molecule has 0 saturated carbocycles. The number of hydrogen-bond acceptors (Lipinski definition) is 4. The van der Waals surface area contributed by atoms with Crippen molar-refractivity contribution < 1.29 is 0 Å². The number of aromatic nitrogens is 1. The molecule has 0 spiro atoms. The normalized spacial score (nSPS) is 17.6. The van der Waals surface area contributed by atoms with Gasteiger partial charge in [-0.1, -0.05) is 19.9 Å². The third kappa shape index (κ3) is 8.33. The minimum atomic E-state index is 0. The molecule has 1 aromatic rings. The minimum Gasteiger partial charge on any atom is -0.356 e. The number of likely N-dealkylation sites (N-methyl/N-ethyl adjacent to an activating group) is 1. The average Bonchev–Trinajstić information content (AvgIpc) is 2.63. The van der Waals surface area contributed by atoms with Crippen molar-refractivity contribution in [2.75, 3.05) is 52.9 Å². The fourth-order valence-corrected chi connectivity index (χ4v) is 2.96. The van der Waals surface area contributed by atoms with Crippen molar-refractivity contribution in [2.45, 2.75) is 20.4 Å². The molecule has 0 aliphatic carbocycles. The molecule has 0 bridgehead atoms. The Balaban J connectivity index is 0.00000312. The predicted molar refractivity (Wildman–Crippen MR) is 116 cm³/mol. The van der Waals surface area contributed by atoms with E-state index in [0.29, 0.717) is 12.5 Å². The standard InChI is InChI=1S/C18H32N6.HI/c1-4-23-9-11-24(12-10-23)15-16(2)13-21-18(19-3)22-14-17-7-5-6-8-20-17;/h5-8,16H,4,9-15H2,1-3H3,(H2,19,21,22);1H. The van der Waals surface area contributed by atoms with E-state index in [1.807, 2.05) is 31.4 Å². The van der Waals surface area contributed by atoms with Gasteiger partial charge in [-0.2, -0.15) is 0 Å². The summed E-state index contributed by atoms with van der Waals surface area (Å²) in [5.74, 6) is 1.43. The first-order valence-corrected chi connectivity index (χ1v) is 9.00. The summed E-state index contributed by atoms with van der Waals surface area (Å²) in [5.41, 5.74) is 1.02. The van der Waals surface area contributed by atoms with Gasteiger partial charge in [0.1, 0.15) is 0 Å². The van der Waals surface area contributed by atoms with Crippen molar-refractivity contribution in [1.82, 2.24) is 25.4 Å². The molecule has 1 aromatic heterocycles. The fourth-order valence-electron chi connectivity index (χ4n) is 2.96. The maximum atomic E-state index is 4.31. The Morgan fingerprint density at radius 2 is 1.92 bits per heavy atom. The van der Waals surface area contributed by atoms with Crippen LogP contribution >= 0.6 is 24.0 Å². The van der Waals surface area contributed by atoms with Crippen LogP contribution < -0.4 is 10.6 Å². The topological polar surface area (TPSA) is 55.8 Å². The number of piperazine rings is 1. The summed E-state index contributed by atoms with van der Waals surface area (Å²) in [6, 6.07) is 5.94. The van der Waals surface area contributed by atoms with Crippen LogP contribution in [0.4, 0.5) is 0 Å². The summed E-state index contributed by atoms with van der Waals surface area (Å²) in [4.78, 5) is 13.7. The molecule has 1 unspecified atom stereocenters. The zero-order valence-electron chi connectivity index (χ0n) is 15.7. The van der Waals surface area contributed by atoms with Crippen molar-refractivity contribution in [3.05, 3.63) is 30.1 Å². The second-order valence-electron chi connectivity index (χ2n) is 6.47. The highest BCUT2D eigenvalue weighted by Crippen LogP contribution is 2.05. The number of halogens is 1. The van der Waals surface area contributed by atoms with Gasteiger partial charge in [0.05, 0.1) is 12.2 Å². The van der Waals surface area contributed by atoms with E-state index in [1.165, 1.54) is 32.7 Å². The van der Waals surface area contributed by atoms with Gasteiger partial charge in [-0.3, -0.25) is 9.98 Å². The second kappa shape index (κ2) is 12.4. The molecule has 2 N–H and O–H groups in total. The molecule has 0 radical (unpaired) electrons. The molecule has 7 heteroatoms. The summed E-state index contributed by atoms with van der Waals surface area (Å²) in [6.07, 6.45) is 1.81. The highest BCUT2D eigenvalue weighted by molar-refractivity contribution is 14.0. The van der Waals surface area contributed by atoms with E-state index in [2.05, 4.69) is 44.3 Å². The van der Waals surface area contributed by atoms with E-state index < -0.39 is 0 Å². The maximum Gasteiger partial charge on any atom is 0.191 e. The number of rotatable bonds is 7. The van der Waals surface area contributed by atoms with Crippen molar-refractivity contribution in [2.24, 2.45) is 10.9 Å². The fraction of sp³-hybridized carbons (Fsp3) is 0.667. The lowest BCUT2D eigenvalue weighted by molar-refractivity contribution is 0.124. The number of guanidine groups is 1. The van der Waals surface area contributed by atoms with Gasteiger partial charge in [-0.15, -0.1) is 24.0 Å². The lowest BCUT2D eigenvalue weighted by Crippen LogP contribution is -2.48. The van der Waals surface area contributed by atoms with Crippen LogP contribution in [-0.2, 0) is 6.54 Å². The quantitative estimate of drug-likeness (QED) is 0.368. The molecule has 1 fully saturated rings. The van der Waals surface area contributed by atoms with E-state index in [1.54, 1.807) is 0 Å². The predicted octanol–water partition coefficient (Wildman–Crippen LogP) is 1.64. The molecule has 1 atom stereocenters. The smallest absolute Gasteiger partial charge is 0.191 e. The van der Waals surface area contributed by atoms with Gasteiger partial charge in [0.2, 0.25) is 0 Å². The Morgan fingerprint density at radius 3 is 2.52 bits per heavy atom. The summed E-state index contributed by atoms with van der Waals surface area (Å²) in [6.45, 7) is 13.2. The van der Waals surface area contributed by atoms with Crippen LogP contribution in [0.3, 0.4) is 0 Å². The Morgan fingerprint density at radius 1 is 1.20 bits per heavy atom. The molecular formula is C18H33IN6. The van der Waals surface area contributed by atoms with E-state index in [9.17, 15) is 0 Å². The molecule has 1 saturated heterocycles. The minimum absolute atomic E-state index is 0. The van der Waals surface area contributed by atoms with Gasteiger partial charge >= 0.3 is 0 Å². The Hall–Kier alpha value is -0.930. The molecule has 0 aromatic carbocycles. The van der Waals surface area contributed by atoms with E-state index in [-0.39, 0.29) is 24.0 Å². The first-order valence-electron chi connectivity index (χ1n) is 9.00. The van der Waals surface area contributed by atoms with Gasteiger partial charge in [-0.25, -0.2) is 0 Å². The maximum absolute atomic E-state index is 4.31. The van der Waals surface area contributed by atoms with Gasteiger partial charge in [0.25, 0.3) is 0 Å². The first-order chi connectivity index (χ1) is 11.7. The van der Waals surface area contributed by atoms with Crippen LogP contribution in [0.1, 0.15) is 19.5 Å².